The molecule has 0 N–H and O–H groups in total. The van der Waals surface area contributed by atoms with Crippen LogP contribution in [0.15, 0.2) is 83.8 Å². The average molecular weight is 421 g/mol. The Morgan fingerprint density at radius 2 is 1.60 bits per heavy atom. The van der Waals surface area contributed by atoms with Gasteiger partial charge >= 0.3 is 0 Å². The number of nitrogens with zero attached hydrogens (tertiary/aromatic N) is 2. The zero-order chi connectivity index (χ0) is 21.1. The number of benzene rings is 3. The number of rotatable bonds is 6. The van der Waals surface area contributed by atoms with Gasteiger partial charge in [0.2, 0.25) is 10.0 Å². The lowest BCUT2D eigenvalue weighted by molar-refractivity contribution is 0.0989. The third kappa shape index (κ3) is 3.88. The molecule has 0 spiro atoms. The molecule has 30 heavy (non-hydrogen) atoms. The van der Waals surface area contributed by atoms with Gasteiger partial charge in [-0.1, -0.05) is 55.5 Å². The van der Waals surface area contributed by atoms with E-state index in [9.17, 15) is 13.2 Å². The van der Waals surface area contributed by atoms with Gasteiger partial charge in [0.15, 0.2) is 0 Å². The smallest absolute Gasteiger partial charge is 0.258 e. The van der Waals surface area contributed by atoms with E-state index in [1.165, 1.54) is 9.87 Å². The number of sulfonamides is 1. The van der Waals surface area contributed by atoms with E-state index < -0.39 is 10.0 Å². The van der Waals surface area contributed by atoms with E-state index >= 15 is 0 Å². The second kappa shape index (κ2) is 8.42. The van der Waals surface area contributed by atoms with Gasteiger partial charge in [0.05, 0.1) is 4.90 Å². The Balaban J connectivity index is 1.50. The van der Waals surface area contributed by atoms with Gasteiger partial charge in [-0.3, -0.25) is 4.79 Å². The normalized spacial score (nSPS) is 13.5. The summed E-state index contributed by atoms with van der Waals surface area (Å²) in [6.07, 6.45) is 0.864. The Hall–Kier alpha value is -2.96. The second-order valence-corrected chi connectivity index (χ2v) is 9.21. The number of para-hydroxylation sites is 1. The van der Waals surface area contributed by atoms with Crippen molar-refractivity contribution in [1.29, 1.82) is 0 Å². The van der Waals surface area contributed by atoms with Crippen molar-refractivity contribution >= 4 is 21.6 Å². The van der Waals surface area contributed by atoms with Crippen LogP contribution in [0.3, 0.4) is 0 Å². The summed E-state index contributed by atoms with van der Waals surface area (Å²) in [7, 11) is -3.56. The van der Waals surface area contributed by atoms with Crippen molar-refractivity contribution in [2.24, 2.45) is 0 Å². The summed E-state index contributed by atoms with van der Waals surface area (Å²) in [5.74, 6) is -0.0317. The molecule has 0 aliphatic carbocycles. The first-order valence-electron chi connectivity index (χ1n) is 10.0. The average Bonchev–Trinajstić information content (AvgIpc) is 3.22. The SMILES string of the molecule is CCN(Cc1ccc(C(=O)N2CCc3ccccc32)cc1)S(=O)(=O)c1ccccc1. The predicted molar refractivity (Wildman–Crippen MR) is 118 cm³/mol. The van der Waals surface area contributed by atoms with Crippen LogP contribution in [-0.2, 0) is 23.0 Å². The van der Waals surface area contributed by atoms with E-state index in [2.05, 4.69) is 6.07 Å². The molecule has 6 heteroatoms. The molecule has 1 aliphatic rings. The molecule has 1 heterocycles. The number of anilines is 1. The summed E-state index contributed by atoms with van der Waals surface area (Å²) < 4.78 is 27.2. The van der Waals surface area contributed by atoms with Gasteiger partial charge in [0.25, 0.3) is 5.91 Å². The van der Waals surface area contributed by atoms with Crippen molar-refractivity contribution in [2.45, 2.75) is 24.8 Å². The van der Waals surface area contributed by atoms with Gasteiger partial charge in [-0.15, -0.1) is 0 Å². The Morgan fingerprint density at radius 1 is 0.933 bits per heavy atom. The van der Waals surface area contributed by atoms with E-state index in [0.717, 1.165) is 17.7 Å². The van der Waals surface area contributed by atoms with Gasteiger partial charge in [0, 0.05) is 30.9 Å². The molecule has 0 aromatic heterocycles. The number of fused-ring (bicyclic) bond motifs is 1. The highest BCUT2D eigenvalue weighted by Crippen LogP contribution is 2.29. The van der Waals surface area contributed by atoms with Crippen LogP contribution in [0.2, 0.25) is 0 Å². The maximum Gasteiger partial charge on any atom is 0.258 e. The molecular formula is C24H24N2O3S. The molecular weight excluding hydrogens is 396 g/mol. The van der Waals surface area contributed by atoms with Crippen LogP contribution in [0.1, 0.15) is 28.4 Å². The Bertz CT molecular complexity index is 1140. The number of hydrogen-bond acceptors (Lipinski definition) is 3. The Labute approximate surface area is 177 Å². The standard InChI is InChI=1S/C24H24N2O3S/c1-2-25(30(28,29)22-9-4-3-5-10-22)18-19-12-14-21(15-13-19)24(27)26-17-16-20-8-6-7-11-23(20)26/h3-15H,2,16-18H2,1H3. The fraction of sp³-hybridized carbons (Fsp3) is 0.208. The summed E-state index contributed by atoms with van der Waals surface area (Å²) in [6.45, 7) is 3.12. The van der Waals surface area contributed by atoms with Gasteiger partial charge in [0.1, 0.15) is 0 Å². The molecule has 3 aromatic rings. The second-order valence-electron chi connectivity index (χ2n) is 7.28. The minimum absolute atomic E-state index is 0.0317. The number of carbonyl (C=O) groups is 1. The maximum atomic E-state index is 13.0. The molecule has 0 unspecified atom stereocenters. The molecule has 0 atom stereocenters. The molecule has 0 fully saturated rings. The quantitative estimate of drug-likeness (QED) is 0.603. The van der Waals surface area contributed by atoms with Gasteiger partial charge in [-0.2, -0.15) is 4.31 Å². The van der Waals surface area contributed by atoms with E-state index in [4.69, 9.17) is 0 Å². The summed E-state index contributed by atoms with van der Waals surface area (Å²) in [4.78, 5) is 15.1. The van der Waals surface area contributed by atoms with Crippen LogP contribution in [-0.4, -0.2) is 31.7 Å². The maximum absolute atomic E-state index is 13.0. The zero-order valence-electron chi connectivity index (χ0n) is 16.9. The molecule has 1 aliphatic heterocycles. The molecule has 3 aromatic carbocycles. The summed E-state index contributed by atoms with van der Waals surface area (Å²) in [5, 5.41) is 0. The van der Waals surface area contributed by atoms with Crippen molar-refractivity contribution in [3.05, 3.63) is 95.6 Å². The minimum Gasteiger partial charge on any atom is -0.308 e. The van der Waals surface area contributed by atoms with Crippen LogP contribution in [0.4, 0.5) is 5.69 Å². The number of amides is 1. The van der Waals surface area contributed by atoms with Crippen LogP contribution < -0.4 is 4.90 Å². The van der Waals surface area contributed by atoms with Crippen LogP contribution in [0, 0.1) is 0 Å². The third-order valence-electron chi connectivity index (χ3n) is 5.43. The highest BCUT2D eigenvalue weighted by atomic mass is 32.2. The van der Waals surface area contributed by atoms with E-state index in [0.29, 0.717) is 18.7 Å². The van der Waals surface area contributed by atoms with Gasteiger partial charge in [-0.25, -0.2) is 8.42 Å². The van der Waals surface area contributed by atoms with E-state index in [-0.39, 0.29) is 17.3 Å². The van der Waals surface area contributed by atoms with Gasteiger partial charge in [-0.05, 0) is 47.9 Å². The summed E-state index contributed by atoms with van der Waals surface area (Å²) in [5.41, 5.74) is 3.60. The highest BCUT2D eigenvalue weighted by Gasteiger charge is 2.26. The predicted octanol–water partition coefficient (Wildman–Crippen LogP) is 4.10. The molecule has 5 nitrogen and oxygen atoms in total. The fourth-order valence-corrected chi connectivity index (χ4v) is 5.23. The fourth-order valence-electron chi connectivity index (χ4n) is 3.77. The first kappa shape index (κ1) is 20.3. The lowest BCUT2D eigenvalue weighted by Crippen LogP contribution is -2.30. The van der Waals surface area contributed by atoms with Crippen molar-refractivity contribution < 1.29 is 13.2 Å². The Morgan fingerprint density at radius 3 is 2.30 bits per heavy atom. The zero-order valence-corrected chi connectivity index (χ0v) is 17.7. The van der Waals surface area contributed by atoms with E-state index in [1.54, 1.807) is 42.5 Å². The third-order valence-corrected chi connectivity index (χ3v) is 7.36. The van der Waals surface area contributed by atoms with Crippen molar-refractivity contribution in [1.82, 2.24) is 4.31 Å². The molecule has 1 amide bonds. The van der Waals surface area contributed by atoms with Gasteiger partial charge < -0.3 is 4.90 Å². The molecule has 0 radical (unpaired) electrons. The number of hydrogen-bond donors (Lipinski definition) is 0. The highest BCUT2D eigenvalue weighted by molar-refractivity contribution is 7.89. The van der Waals surface area contributed by atoms with Crippen LogP contribution in [0.25, 0.3) is 0 Å². The largest absolute Gasteiger partial charge is 0.308 e. The molecule has 0 bridgehead atoms. The van der Waals surface area contributed by atoms with Crippen molar-refractivity contribution in [2.75, 3.05) is 18.0 Å². The van der Waals surface area contributed by atoms with Crippen LogP contribution >= 0.6 is 0 Å². The monoisotopic (exact) mass is 420 g/mol. The topological polar surface area (TPSA) is 57.7 Å². The van der Waals surface area contributed by atoms with Crippen molar-refractivity contribution in [3.63, 3.8) is 0 Å². The lowest BCUT2D eigenvalue weighted by atomic mass is 10.1. The number of carbonyl (C=O) groups excluding carboxylic acids is 1. The Kier molecular flexibility index (Phi) is 5.70. The summed E-state index contributed by atoms with van der Waals surface area (Å²) in [6, 6.07) is 23.6. The minimum atomic E-state index is -3.56. The lowest BCUT2D eigenvalue weighted by Gasteiger charge is -2.21. The molecule has 4 rings (SSSR count). The summed E-state index contributed by atoms with van der Waals surface area (Å²) >= 11 is 0. The first-order chi connectivity index (χ1) is 14.5. The first-order valence-corrected chi connectivity index (χ1v) is 11.5. The molecule has 0 saturated carbocycles. The van der Waals surface area contributed by atoms with Crippen LogP contribution in [0.5, 0.6) is 0 Å². The van der Waals surface area contributed by atoms with E-state index in [1.807, 2.05) is 42.2 Å². The van der Waals surface area contributed by atoms with Crippen molar-refractivity contribution in [3.8, 4) is 0 Å². The molecule has 154 valence electrons. The molecule has 0 saturated heterocycles.